The fourth-order valence-corrected chi connectivity index (χ4v) is 0.920. The van der Waals surface area contributed by atoms with E-state index in [0.717, 1.165) is 12.2 Å². The third kappa shape index (κ3) is 0.327. The number of aliphatic hydroxyl groups is 1. The van der Waals surface area contributed by atoms with Crippen molar-refractivity contribution in [2.45, 2.75) is 12.5 Å². The summed E-state index contributed by atoms with van der Waals surface area (Å²) < 4.78 is 5.03. The summed E-state index contributed by atoms with van der Waals surface area (Å²) in [6.45, 7) is 0. The Morgan fingerprint density at radius 3 is 2.75 bits per heavy atom. The molecule has 2 heterocycles. The Bertz CT molecular complexity index is 171. The van der Waals surface area contributed by atoms with Crippen LogP contribution in [-0.4, -0.2) is 11.2 Å². The van der Waals surface area contributed by atoms with E-state index in [1.54, 1.807) is 6.08 Å². The van der Waals surface area contributed by atoms with Gasteiger partial charge in [-0.25, -0.2) is 0 Å². The molecule has 2 aliphatic heterocycles. The molecule has 0 spiro atoms. The van der Waals surface area contributed by atoms with E-state index < -0.39 is 0 Å². The molecule has 1 unspecified atom stereocenters. The molecule has 2 heteroatoms. The van der Waals surface area contributed by atoms with Gasteiger partial charge in [-0.1, -0.05) is 0 Å². The van der Waals surface area contributed by atoms with E-state index in [2.05, 4.69) is 0 Å². The second kappa shape index (κ2) is 1.08. The molecule has 8 heavy (non-hydrogen) atoms. The van der Waals surface area contributed by atoms with E-state index in [9.17, 15) is 0 Å². The highest BCUT2D eigenvalue weighted by Crippen LogP contribution is 2.32. The van der Waals surface area contributed by atoms with Gasteiger partial charge in [-0.2, -0.15) is 0 Å². The van der Waals surface area contributed by atoms with Crippen LogP contribution in [0.1, 0.15) is 6.42 Å². The van der Waals surface area contributed by atoms with Crippen molar-refractivity contribution in [3.63, 3.8) is 0 Å². The van der Waals surface area contributed by atoms with Crippen molar-refractivity contribution in [2.24, 2.45) is 0 Å². The van der Waals surface area contributed by atoms with Crippen molar-refractivity contribution >= 4 is 0 Å². The molecule has 1 aliphatic carbocycles. The lowest BCUT2D eigenvalue weighted by atomic mass is 10.0. The number of rotatable bonds is 0. The van der Waals surface area contributed by atoms with Gasteiger partial charge in [-0.05, 0) is 12.2 Å². The van der Waals surface area contributed by atoms with Gasteiger partial charge in [-0.15, -0.1) is 0 Å². The molecule has 2 nitrogen and oxygen atoms in total. The summed E-state index contributed by atoms with van der Waals surface area (Å²) in [6, 6.07) is 0. The quantitative estimate of drug-likeness (QED) is 0.506. The highest BCUT2D eigenvalue weighted by Gasteiger charge is 2.28. The molecular formula is C6H6O2. The van der Waals surface area contributed by atoms with Crippen LogP contribution in [0.3, 0.4) is 0 Å². The van der Waals surface area contributed by atoms with Gasteiger partial charge < -0.3 is 9.84 Å². The smallest absolute Gasteiger partial charge is 0.153 e. The molecule has 0 radical (unpaired) electrons. The van der Waals surface area contributed by atoms with E-state index in [0.29, 0.717) is 5.76 Å². The number of fused-ring (bicyclic) bond motifs is 1. The summed E-state index contributed by atoms with van der Waals surface area (Å²) in [5, 5.41) is 8.88. The fourth-order valence-electron chi connectivity index (χ4n) is 0.920. The minimum Gasteiger partial charge on any atom is -0.504 e. The second-order valence-electron chi connectivity index (χ2n) is 2.03. The molecule has 2 bridgehead atoms. The summed E-state index contributed by atoms with van der Waals surface area (Å²) in [4.78, 5) is 0. The van der Waals surface area contributed by atoms with E-state index in [1.165, 1.54) is 0 Å². The maximum absolute atomic E-state index is 8.88. The number of hydrogen-bond donors (Lipinski definition) is 1. The van der Waals surface area contributed by atoms with Crippen LogP contribution < -0.4 is 0 Å². The van der Waals surface area contributed by atoms with Gasteiger partial charge in [-0.3, -0.25) is 0 Å². The van der Waals surface area contributed by atoms with Gasteiger partial charge in [0.2, 0.25) is 0 Å². The average molecular weight is 110 g/mol. The predicted molar refractivity (Wildman–Crippen MR) is 28.3 cm³/mol. The van der Waals surface area contributed by atoms with Crippen LogP contribution in [0.2, 0.25) is 0 Å². The summed E-state index contributed by atoms with van der Waals surface area (Å²) in [6.07, 6.45) is 4.71. The minimum atomic E-state index is 0.265. The lowest BCUT2D eigenvalue weighted by Gasteiger charge is -2.31. The summed E-state index contributed by atoms with van der Waals surface area (Å²) in [5.74, 6) is 1.05. The SMILES string of the molecule is OC1=C2CC(C=C1)O2. The Labute approximate surface area is 47.1 Å². The Kier molecular flexibility index (Phi) is 0.539. The number of allylic oxidation sites excluding steroid dienone is 1. The molecule has 1 fully saturated rings. The number of hydrogen-bond acceptors (Lipinski definition) is 2. The zero-order valence-corrected chi connectivity index (χ0v) is 4.29. The molecule has 1 atom stereocenters. The van der Waals surface area contributed by atoms with Crippen LogP contribution in [-0.2, 0) is 4.74 Å². The fraction of sp³-hybridized carbons (Fsp3) is 0.333. The van der Waals surface area contributed by atoms with Crippen LogP contribution in [0.4, 0.5) is 0 Å². The number of aliphatic hydroxyl groups excluding tert-OH is 1. The largest absolute Gasteiger partial charge is 0.504 e. The first kappa shape index (κ1) is 4.01. The number of ether oxygens (including phenoxy) is 1. The predicted octanol–water partition coefficient (Wildman–Crippen LogP) is 1.11. The Morgan fingerprint density at radius 1 is 1.75 bits per heavy atom. The van der Waals surface area contributed by atoms with Gasteiger partial charge in [0.05, 0.1) is 0 Å². The van der Waals surface area contributed by atoms with Crippen molar-refractivity contribution in [3.05, 3.63) is 23.7 Å². The summed E-state index contributed by atoms with van der Waals surface area (Å²) in [5.41, 5.74) is 0. The molecule has 0 aromatic heterocycles. The van der Waals surface area contributed by atoms with Crippen molar-refractivity contribution < 1.29 is 9.84 Å². The maximum Gasteiger partial charge on any atom is 0.153 e. The monoisotopic (exact) mass is 110 g/mol. The lowest BCUT2D eigenvalue weighted by molar-refractivity contribution is 0.0382. The van der Waals surface area contributed by atoms with Crippen molar-refractivity contribution in [3.8, 4) is 0 Å². The first-order valence-electron chi connectivity index (χ1n) is 2.63. The van der Waals surface area contributed by atoms with E-state index >= 15 is 0 Å². The Balaban J connectivity index is 2.39. The van der Waals surface area contributed by atoms with Gasteiger partial charge in [0.15, 0.2) is 5.76 Å². The van der Waals surface area contributed by atoms with Crippen LogP contribution >= 0.6 is 0 Å². The molecule has 1 saturated heterocycles. The van der Waals surface area contributed by atoms with E-state index in [4.69, 9.17) is 9.84 Å². The van der Waals surface area contributed by atoms with E-state index in [1.807, 2.05) is 6.08 Å². The third-order valence-corrected chi connectivity index (χ3v) is 1.43. The second-order valence-corrected chi connectivity index (χ2v) is 2.03. The van der Waals surface area contributed by atoms with Crippen LogP contribution in [0, 0.1) is 0 Å². The van der Waals surface area contributed by atoms with Crippen LogP contribution in [0.25, 0.3) is 0 Å². The minimum absolute atomic E-state index is 0.265. The van der Waals surface area contributed by atoms with Crippen LogP contribution in [0.15, 0.2) is 23.7 Å². The molecule has 0 aromatic carbocycles. The van der Waals surface area contributed by atoms with Crippen LogP contribution in [0.5, 0.6) is 0 Å². The average Bonchev–Trinajstić information content (AvgIpc) is 1.62. The normalized spacial score (nSPS) is 31.8. The summed E-state index contributed by atoms with van der Waals surface area (Å²) >= 11 is 0. The lowest BCUT2D eigenvalue weighted by Crippen LogP contribution is -2.26. The molecule has 0 aromatic rings. The molecule has 0 saturated carbocycles. The third-order valence-electron chi connectivity index (χ3n) is 1.43. The van der Waals surface area contributed by atoms with Gasteiger partial charge in [0, 0.05) is 6.42 Å². The molecule has 0 amide bonds. The van der Waals surface area contributed by atoms with Gasteiger partial charge in [0.1, 0.15) is 11.9 Å². The first-order chi connectivity index (χ1) is 3.86. The van der Waals surface area contributed by atoms with Gasteiger partial charge in [0.25, 0.3) is 0 Å². The Hall–Kier alpha value is -0.920. The standard InChI is InChI=1S/C6H6O2/c7-5-2-1-4-3-6(5)8-4/h1-2,4,7H,3H2. The molecule has 3 aliphatic rings. The van der Waals surface area contributed by atoms with Crippen molar-refractivity contribution in [2.75, 3.05) is 0 Å². The van der Waals surface area contributed by atoms with Crippen molar-refractivity contribution in [1.82, 2.24) is 0 Å². The Morgan fingerprint density at radius 2 is 2.50 bits per heavy atom. The highest BCUT2D eigenvalue weighted by atomic mass is 16.5. The summed E-state index contributed by atoms with van der Waals surface area (Å²) in [7, 11) is 0. The topological polar surface area (TPSA) is 29.5 Å². The molecular weight excluding hydrogens is 104 g/mol. The molecule has 1 N–H and O–H groups in total. The zero-order chi connectivity index (χ0) is 5.56. The maximum atomic E-state index is 8.88. The van der Waals surface area contributed by atoms with E-state index in [-0.39, 0.29) is 6.10 Å². The van der Waals surface area contributed by atoms with Crippen molar-refractivity contribution in [1.29, 1.82) is 0 Å². The molecule has 42 valence electrons. The first-order valence-corrected chi connectivity index (χ1v) is 2.63. The van der Waals surface area contributed by atoms with Gasteiger partial charge >= 0.3 is 0 Å². The highest BCUT2D eigenvalue weighted by molar-refractivity contribution is 5.28. The zero-order valence-electron chi connectivity index (χ0n) is 4.29. The molecule has 3 rings (SSSR count).